The normalized spacial score (nSPS) is 16.8. The van der Waals surface area contributed by atoms with E-state index >= 15 is 0 Å². The topological polar surface area (TPSA) is 71.2 Å². The summed E-state index contributed by atoms with van der Waals surface area (Å²) in [4.78, 5) is 13.4. The Morgan fingerprint density at radius 1 is 1.20 bits per heavy atom. The Bertz CT molecular complexity index is 560. The molecule has 1 aliphatic rings. The van der Waals surface area contributed by atoms with Crippen LogP contribution < -0.4 is 4.90 Å². The minimum absolute atomic E-state index is 0.711. The second-order valence-electron chi connectivity index (χ2n) is 4.85. The molecule has 0 N–H and O–H groups in total. The van der Waals surface area contributed by atoms with E-state index in [0.717, 1.165) is 55.9 Å². The van der Waals surface area contributed by atoms with Gasteiger partial charge in [0.25, 0.3) is 0 Å². The summed E-state index contributed by atoms with van der Waals surface area (Å²) in [7, 11) is 0. The van der Waals surface area contributed by atoms with E-state index in [1.54, 1.807) is 0 Å². The third-order valence-corrected chi connectivity index (χ3v) is 4.21. The van der Waals surface area contributed by atoms with Crippen molar-refractivity contribution in [1.82, 2.24) is 24.4 Å². The number of rotatable bonds is 4. The summed E-state index contributed by atoms with van der Waals surface area (Å²) < 4.78 is 9.37. The standard InChI is InChI=1S/C12H18N6OS/c1-3-11-14-10(15-19-11)8-17-4-6-18(7-5-17)12-13-9(2)16-20-12/h3-8H2,1-2H3. The van der Waals surface area contributed by atoms with Gasteiger partial charge in [0, 0.05) is 44.1 Å². The van der Waals surface area contributed by atoms with Crippen LogP contribution in [-0.4, -0.2) is 50.6 Å². The zero-order chi connectivity index (χ0) is 13.9. The lowest BCUT2D eigenvalue weighted by Crippen LogP contribution is -2.46. The first-order valence-corrected chi connectivity index (χ1v) is 7.61. The van der Waals surface area contributed by atoms with Crippen molar-refractivity contribution in [2.75, 3.05) is 31.1 Å². The maximum atomic E-state index is 5.13. The number of nitrogens with zero attached hydrogens (tertiary/aromatic N) is 6. The molecule has 0 atom stereocenters. The van der Waals surface area contributed by atoms with Crippen molar-refractivity contribution in [3.8, 4) is 0 Å². The number of hydrogen-bond donors (Lipinski definition) is 0. The fourth-order valence-corrected chi connectivity index (χ4v) is 2.94. The number of aromatic nitrogens is 4. The van der Waals surface area contributed by atoms with E-state index in [0.29, 0.717) is 5.89 Å². The van der Waals surface area contributed by atoms with Gasteiger partial charge in [-0.25, -0.2) is 4.98 Å². The zero-order valence-electron chi connectivity index (χ0n) is 11.7. The predicted octanol–water partition coefficient (Wildman–Crippen LogP) is 1.11. The highest BCUT2D eigenvalue weighted by Gasteiger charge is 2.20. The van der Waals surface area contributed by atoms with Gasteiger partial charge in [-0.1, -0.05) is 12.1 Å². The van der Waals surface area contributed by atoms with Crippen LogP contribution in [0.15, 0.2) is 4.52 Å². The van der Waals surface area contributed by atoms with Crippen molar-refractivity contribution in [2.24, 2.45) is 0 Å². The Hall–Kier alpha value is -1.54. The Morgan fingerprint density at radius 2 is 2.00 bits per heavy atom. The average molecular weight is 294 g/mol. The third kappa shape index (κ3) is 2.96. The molecule has 0 amide bonds. The quantitative estimate of drug-likeness (QED) is 0.836. The van der Waals surface area contributed by atoms with Crippen molar-refractivity contribution in [3.63, 3.8) is 0 Å². The highest BCUT2D eigenvalue weighted by atomic mass is 32.1. The fourth-order valence-electron chi connectivity index (χ4n) is 2.21. The van der Waals surface area contributed by atoms with Crippen molar-refractivity contribution < 1.29 is 4.52 Å². The van der Waals surface area contributed by atoms with Crippen LogP contribution in [0.3, 0.4) is 0 Å². The summed E-state index contributed by atoms with van der Waals surface area (Å²) >= 11 is 1.47. The van der Waals surface area contributed by atoms with Gasteiger partial charge in [0.05, 0.1) is 6.54 Å². The van der Waals surface area contributed by atoms with Gasteiger partial charge in [0.15, 0.2) is 5.82 Å². The monoisotopic (exact) mass is 294 g/mol. The van der Waals surface area contributed by atoms with Gasteiger partial charge in [-0.15, -0.1) is 0 Å². The van der Waals surface area contributed by atoms with E-state index < -0.39 is 0 Å². The maximum absolute atomic E-state index is 5.13. The van der Waals surface area contributed by atoms with E-state index in [4.69, 9.17) is 4.52 Å². The van der Waals surface area contributed by atoms with Gasteiger partial charge in [0.2, 0.25) is 11.0 Å². The molecule has 0 saturated carbocycles. The van der Waals surface area contributed by atoms with Gasteiger partial charge in [-0.3, -0.25) is 4.90 Å². The molecule has 1 aliphatic heterocycles. The molecule has 0 unspecified atom stereocenters. The molecule has 1 fully saturated rings. The maximum Gasteiger partial charge on any atom is 0.226 e. The Labute approximate surface area is 121 Å². The van der Waals surface area contributed by atoms with Crippen LogP contribution in [-0.2, 0) is 13.0 Å². The van der Waals surface area contributed by atoms with Gasteiger partial charge in [0.1, 0.15) is 5.82 Å². The van der Waals surface area contributed by atoms with E-state index in [9.17, 15) is 0 Å². The average Bonchev–Trinajstić information content (AvgIpc) is 3.09. The molecular formula is C12H18N6OS. The zero-order valence-corrected chi connectivity index (χ0v) is 12.6. The number of piperazine rings is 1. The molecule has 3 heterocycles. The van der Waals surface area contributed by atoms with Crippen LogP contribution in [0.1, 0.15) is 24.5 Å². The van der Waals surface area contributed by atoms with Crippen molar-refractivity contribution in [2.45, 2.75) is 26.8 Å². The third-order valence-electron chi connectivity index (χ3n) is 3.34. The van der Waals surface area contributed by atoms with Gasteiger partial charge in [-0.2, -0.15) is 9.36 Å². The van der Waals surface area contributed by atoms with Crippen LogP contribution in [0.2, 0.25) is 0 Å². The Kier molecular flexibility index (Phi) is 3.93. The summed E-state index contributed by atoms with van der Waals surface area (Å²) in [6.45, 7) is 8.59. The van der Waals surface area contributed by atoms with Crippen LogP contribution in [0.4, 0.5) is 5.13 Å². The summed E-state index contributed by atoms with van der Waals surface area (Å²) in [6, 6.07) is 0. The Morgan fingerprint density at radius 3 is 2.60 bits per heavy atom. The summed E-state index contributed by atoms with van der Waals surface area (Å²) in [5.74, 6) is 2.34. The largest absolute Gasteiger partial charge is 0.344 e. The van der Waals surface area contributed by atoms with Crippen molar-refractivity contribution >= 4 is 16.7 Å². The fraction of sp³-hybridized carbons (Fsp3) is 0.667. The molecule has 0 radical (unpaired) electrons. The SMILES string of the molecule is CCc1nc(CN2CCN(c3nc(C)ns3)CC2)no1. The minimum Gasteiger partial charge on any atom is -0.344 e. The minimum atomic E-state index is 0.711. The molecule has 8 heteroatoms. The van der Waals surface area contributed by atoms with E-state index in [2.05, 4.69) is 29.3 Å². The second kappa shape index (κ2) is 5.84. The number of hydrogen-bond acceptors (Lipinski definition) is 8. The highest BCUT2D eigenvalue weighted by Crippen LogP contribution is 2.19. The van der Waals surface area contributed by atoms with Gasteiger partial charge < -0.3 is 9.42 Å². The lowest BCUT2D eigenvalue weighted by molar-refractivity contribution is 0.240. The smallest absolute Gasteiger partial charge is 0.226 e. The summed E-state index contributed by atoms with van der Waals surface area (Å²) in [5.41, 5.74) is 0. The molecular weight excluding hydrogens is 276 g/mol. The molecule has 0 aliphatic carbocycles. The first-order valence-electron chi connectivity index (χ1n) is 6.83. The van der Waals surface area contributed by atoms with E-state index in [1.807, 2.05) is 13.8 Å². The molecule has 108 valence electrons. The molecule has 3 rings (SSSR count). The molecule has 20 heavy (non-hydrogen) atoms. The lowest BCUT2D eigenvalue weighted by atomic mass is 10.3. The van der Waals surface area contributed by atoms with Crippen molar-refractivity contribution in [1.29, 1.82) is 0 Å². The lowest BCUT2D eigenvalue weighted by Gasteiger charge is -2.33. The van der Waals surface area contributed by atoms with Crippen LogP contribution in [0.25, 0.3) is 0 Å². The highest BCUT2D eigenvalue weighted by molar-refractivity contribution is 7.09. The van der Waals surface area contributed by atoms with Crippen molar-refractivity contribution in [3.05, 3.63) is 17.5 Å². The molecule has 0 aromatic carbocycles. The number of anilines is 1. The molecule has 0 bridgehead atoms. The van der Waals surface area contributed by atoms with E-state index in [1.165, 1.54) is 11.5 Å². The van der Waals surface area contributed by atoms with Gasteiger partial charge in [-0.05, 0) is 6.92 Å². The summed E-state index contributed by atoms with van der Waals surface area (Å²) in [6.07, 6.45) is 0.789. The van der Waals surface area contributed by atoms with Crippen LogP contribution in [0, 0.1) is 6.92 Å². The molecule has 7 nitrogen and oxygen atoms in total. The molecule has 1 saturated heterocycles. The predicted molar refractivity (Wildman–Crippen MR) is 75.8 cm³/mol. The first kappa shape index (κ1) is 13.4. The van der Waals surface area contributed by atoms with Crippen LogP contribution in [0.5, 0.6) is 0 Å². The second-order valence-corrected chi connectivity index (χ2v) is 5.58. The van der Waals surface area contributed by atoms with Crippen LogP contribution >= 0.6 is 11.5 Å². The van der Waals surface area contributed by atoms with Gasteiger partial charge >= 0.3 is 0 Å². The first-order chi connectivity index (χ1) is 9.74. The summed E-state index contributed by atoms with van der Waals surface area (Å²) in [5, 5.41) is 5.02. The number of aryl methyl sites for hydroxylation is 2. The van der Waals surface area contributed by atoms with E-state index in [-0.39, 0.29) is 0 Å². The Balaban J connectivity index is 1.53. The molecule has 2 aromatic rings. The molecule has 2 aromatic heterocycles. The molecule has 0 spiro atoms.